The molecule has 2 heterocycles. The van der Waals surface area contributed by atoms with E-state index in [-0.39, 0.29) is 10.9 Å². The van der Waals surface area contributed by atoms with Gasteiger partial charge in [0, 0.05) is 10.1 Å². The predicted molar refractivity (Wildman–Crippen MR) is 100 cm³/mol. The molecule has 4 atom stereocenters. The quantitative estimate of drug-likeness (QED) is 0.508. The maximum Gasteiger partial charge on any atom is 0.352 e. The third-order valence-corrected chi connectivity index (χ3v) is 6.39. The van der Waals surface area contributed by atoms with Crippen LogP contribution in [0.2, 0.25) is 0 Å². The first-order valence-corrected chi connectivity index (χ1v) is 10.1. The number of benzene rings is 1. The molecule has 0 aliphatic carbocycles. The number of hydrogen-bond donors (Lipinski definition) is 3. The topological polar surface area (TPSA) is 113 Å². The second kappa shape index (κ2) is 7.34. The van der Waals surface area contributed by atoms with Gasteiger partial charge in [-0.15, -0.1) is 23.5 Å². The van der Waals surface area contributed by atoms with Gasteiger partial charge in [0.05, 0.1) is 0 Å². The normalized spacial score (nSPS) is 25.7. The molecule has 0 spiro atoms. The van der Waals surface area contributed by atoms with Gasteiger partial charge in [0.25, 0.3) is 5.91 Å². The van der Waals surface area contributed by atoms with Crippen LogP contribution in [-0.2, 0) is 14.4 Å². The Hall–Kier alpha value is -1.97. The van der Waals surface area contributed by atoms with Gasteiger partial charge in [-0.25, -0.2) is 4.79 Å². The number of β-lactam (4-membered cyclic amide) rings is 1. The summed E-state index contributed by atoms with van der Waals surface area (Å²) in [5.41, 5.74) is 6.64. The Morgan fingerprint density at radius 3 is 2.58 bits per heavy atom. The smallest absolute Gasteiger partial charge is 0.352 e. The molecule has 26 heavy (non-hydrogen) atoms. The number of amides is 2. The van der Waals surface area contributed by atoms with Crippen LogP contribution >= 0.6 is 23.5 Å². The van der Waals surface area contributed by atoms with Crippen LogP contribution in [0.15, 0.2) is 40.9 Å². The van der Waals surface area contributed by atoms with Crippen LogP contribution in [0.3, 0.4) is 0 Å². The summed E-state index contributed by atoms with van der Waals surface area (Å²) in [5, 5.41) is 11.4. The third-order valence-electron chi connectivity index (χ3n) is 4.32. The van der Waals surface area contributed by atoms with Gasteiger partial charge in [0.2, 0.25) is 5.91 Å². The zero-order valence-corrected chi connectivity index (χ0v) is 15.8. The van der Waals surface area contributed by atoms with Crippen molar-refractivity contribution in [1.82, 2.24) is 10.2 Å². The zero-order valence-electron chi connectivity index (χ0n) is 14.2. The monoisotopic (exact) mass is 393 g/mol. The van der Waals surface area contributed by atoms with E-state index in [1.807, 2.05) is 25.3 Å². The first-order chi connectivity index (χ1) is 12.3. The van der Waals surface area contributed by atoms with Crippen molar-refractivity contribution >= 4 is 41.3 Å². The summed E-state index contributed by atoms with van der Waals surface area (Å²) in [4.78, 5) is 38.4. The molecule has 1 aromatic rings. The van der Waals surface area contributed by atoms with Gasteiger partial charge in [0.15, 0.2) is 0 Å². The van der Waals surface area contributed by atoms with Gasteiger partial charge < -0.3 is 16.2 Å². The lowest BCUT2D eigenvalue weighted by Crippen LogP contribution is -2.71. The molecule has 0 aromatic heterocycles. The molecule has 2 aliphatic heterocycles. The van der Waals surface area contributed by atoms with Gasteiger partial charge in [-0.05, 0) is 37.0 Å². The minimum Gasteiger partial charge on any atom is -0.477 e. The predicted octanol–water partition coefficient (Wildman–Crippen LogP) is 1.17. The minimum absolute atomic E-state index is 0.0336. The zero-order chi connectivity index (χ0) is 19.0. The van der Waals surface area contributed by atoms with Gasteiger partial charge in [-0.1, -0.05) is 12.1 Å². The summed E-state index contributed by atoms with van der Waals surface area (Å²) in [6.45, 7) is 1.85. The Labute approximate surface area is 159 Å². The van der Waals surface area contributed by atoms with E-state index in [1.54, 1.807) is 30.0 Å². The molecule has 3 unspecified atom stereocenters. The van der Waals surface area contributed by atoms with Crippen molar-refractivity contribution in [2.75, 3.05) is 6.26 Å². The van der Waals surface area contributed by atoms with E-state index in [4.69, 9.17) is 5.73 Å². The molecular formula is C17H19N3O4S2. The largest absolute Gasteiger partial charge is 0.477 e. The highest BCUT2D eigenvalue weighted by Gasteiger charge is 2.54. The van der Waals surface area contributed by atoms with E-state index >= 15 is 0 Å². The Balaban J connectivity index is 1.69. The summed E-state index contributed by atoms with van der Waals surface area (Å²) in [5.74, 6) is -2.04. The number of thioether (sulfide) groups is 2. The fraction of sp³-hybridized carbons (Fsp3) is 0.353. The molecule has 2 aliphatic rings. The number of carbonyl (C=O) groups is 3. The fourth-order valence-electron chi connectivity index (χ4n) is 2.93. The third kappa shape index (κ3) is 3.34. The van der Waals surface area contributed by atoms with E-state index in [2.05, 4.69) is 5.32 Å². The van der Waals surface area contributed by atoms with Gasteiger partial charge in [0.1, 0.15) is 23.2 Å². The van der Waals surface area contributed by atoms with Crippen molar-refractivity contribution in [3.63, 3.8) is 0 Å². The van der Waals surface area contributed by atoms with E-state index in [9.17, 15) is 19.5 Å². The van der Waals surface area contributed by atoms with Crippen LogP contribution < -0.4 is 11.1 Å². The van der Waals surface area contributed by atoms with Crippen molar-refractivity contribution in [3.05, 3.63) is 41.6 Å². The molecule has 0 radical (unpaired) electrons. The molecule has 0 saturated carbocycles. The van der Waals surface area contributed by atoms with E-state index in [0.717, 1.165) is 4.90 Å². The lowest BCUT2D eigenvalue weighted by Gasteiger charge is -2.49. The summed E-state index contributed by atoms with van der Waals surface area (Å²) < 4.78 is 0. The fourth-order valence-corrected chi connectivity index (χ4v) is 4.67. The van der Waals surface area contributed by atoms with Crippen molar-refractivity contribution in [1.29, 1.82) is 0 Å². The number of rotatable bonds is 5. The number of nitrogens with zero attached hydrogens (tertiary/aromatic N) is 1. The van der Waals surface area contributed by atoms with Crippen LogP contribution in [0.5, 0.6) is 0 Å². The van der Waals surface area contributed by atoms with Crippen molar-refractivity contribution in [3.8, 4) is 0 Å². The number of hydrogen-bond acceptors (Lipinski definition) is 6. The highest BCUT2D eigenvalue weighted by atomic mass is 32.2. The maximum absolute atomic E-state index is 12.5. The van der Waals surface area contributed by atoms with Crippen LogP contribution in [0.1, 0.15) is 18.5 Å². The molecule has 4 N–H and O–H groups in total. The molecule has 1 saturated heterocycles. The summed E-state index contributed by atoms with van der Waals surface area (Å²) in [6.07, 6.45) is 3.50. The molecular weight excluding hydrogens is 374 g/mol. The van der Waals surface area contributed by atoms with Crippen LogP contribution in [-0.4, -0.2) is 50.7 Å². The van der Waals surface area contributed by atoms with Crippen LogP contribution in [0.25, 0.3) is 0 Å². The molecule has 2 amide bonds. The van der Waals surface area contributed by atoms with E-state index in [1.165, 1.54) is 16.7 Å². The SMILES string of the molecule is CSc1ccc(C(N)C(=O)NC2C(=O)N3C(C(=O)O)=CC(C)S[C@@H]23)cc1. The van der Waals surface area contributed by atoms with Gasteiger partial charge in [-0.2, -0.15) is 0 Å². The summed E-state index contributed by atoms with van der Waals surface area (Å²) >= 11 is 3.02. The molecule has 1 aromatic carbocycles. The molecule has 3 rings (SSSR count). The molecule has 7 nitrogen and oxygen atoms in total. The van der Waals surface area contributed by atoms with Gasteiger partial charge in [-0.3, -0.25) is 14.5 Å². The standard InChI is InChI=1S/C17H19N3O4S2/c1-8-7-11(17(23)24)20-15(22)13(16(20)26-8)19-14(21)12(18)9-3-5-10(25-2)6-4-9/h3-8,12-13,16H,18H2,1-2H3,(H,19,21)(H,23,24)/t8?,12?,13?,16-/m0/s1. The number of fused-ring (bicyclic) bond motifs is 1. The number of carboxylic acids is 1. The Bertz CT molecular complexity index is 781. The minimum atomic E-state index is -1.15. The van der Waals surface area contributed by atoms with Crippen molar-refractivity contribution in [2.24, 2.45) is 5.73 Å². The average Bonchev–Trinajstić information content (AvgIpc) is 2.64. The molecule has 0 bridgehead atoms. The number of nitrogens with one attached hydrogen (secondary N) is 1. The summed E-state index contributed by atoms with van der Waals surface area (Å²) in [6, 6.07) is 5.67. The van der Waals surface area contributed by atoms with E-state index in [0.29, 0.717) is 5.56 Å². The number of carboxylic acid groups (broad SMARTS) is 1. The summed E-state index contributed by atoms with van der Waals surface area (Å²) in [7, 11) is 0. The first-order valence-electron chi connectivity index (χ1n) is 7.97. The van der Waals surface area contributed by atoms with Crippen molar-refractivity contribution in [2.45, 2.75) is 34.5 Å². The Kier molecular flexibility index (Phi) is 5.31. The van der Waals surface area contributed by atoms with Crippen LogP contribution in [0.4, 0.5) is 0 Å². The Morgan fingerprint density at radius 1 is 1.35 bits per heavy atom. The molecule has 9 heteroatoms. The number of carbonyl (C=O) groups excluding carboxylic acids is 2. The highest BCUT2D eigenvalue weighted by Crippen LogP contribution is 2.40. The van der Waals surface area contributed by atoms with Crippen molar-refractivity contribution < 1.29 is 19.5 Å². The second-order valence-corrected chi connectivity index (χ2v) is 8.41. The van der Waals surface area contributed by atoms with Crippen LogP contribution in [0, 0.1) is 0 Å². The first kappa shape index (κ1) is 18.8. The van der Waals surface area contributed by atoms with E-state index < -0.39 is 35.2 Å². The highest BCUT2D eigenvalue weighted by molar-refractivity contribution is 8.00. The molecule has 1 fully saturated rings. The maximum atomic E-state index is 12.5. The Morgan fingerprint density at radius 2 is 2.00 bits per heavy atom. The lowest BCUT2D eigenvalue weighted by atomic mass is 10.0. The average molecular weight is 393 g/mol. The lowest BCUT2D eigenvalue weighted by molar-refractivity contribution is -0.150. The number of aliphatic carboxylic acids is 1. The van der Waals surface area contributed by atoms with Gasteiger partial charge >= 0.3 is 5.97 Å². The number of nitrogens with two attached hydrogens (primary N) is 1. The molecule has 138 valence electrons. The second-order valence-electron chi connectivity index (χ2n) is 6.03.